The van der Waals surface area contributed by atoms with E-state index in [2.05, 4.69) is 31.8 Å². The number of hydrogen-bond donors (Lipinski definition) is 3. The highest BCUT2D eigenvalue weighted by Crippen LogP contribution is 2.32. The first-order valence-corrected chi connectivity index (χ1v) is 9.00. The minimum Gasteiger partial charge on any atom is -0.504 e. The van der Waals surface area contributed by atoms with E-state index in [0.717, 1.165) is 12.0 Å². The number of amides is 2. The average Bonchev–Trinajstić information content (AvgIpc) is 2.64. The van der Waals surface area contributed by atoms with Gasteiger partial charge in [0.1, 0.15) is 6.42 Å². The lowest BCUT2D eigenvalue weighted by Crippen LogP contribution is -2.25. The van der Waals surface area contributed by atoms with E-state index in [1.807, 2.05) is 25.1 Å². The third-order valence-electron chi connectivity index (χ3n) is 3.68. The number of benzene rings is 2. The number of phenols is 1. The van der Waals surface area contributed by atoms with Gasteiger partial charge in [0, 0.05) is 15.7 Å². The van der Waals surface area contributed by atoms with E-state index < -0.39 is 11.8 Å². The Hall–Kier alpha value is -2.87. The highest BCUT2D eigenvalue weighted by Gasteiger charge is 2.11. The van der Waals surface area contributed by atoms with Crippen molar-refractivity contribution in [3.8, 4) is 11.5 Å². The summed E-state index contributed by atoms with van der Waals surface area (Å²) in [5, 5.41) is 16.5. The third kappa shape index (κ3) is 5.82. The van der Waals surface area contributed by atoms with E-state index in [-0.39, 0.29) is 17.9 Å². The Morgan fingerprint density at radius 1 is 1.26 bits per heavy atom. The number of nitrogens with zero attached hydrogens (tertiary/aromatic N) is 1. The number of nitrogens with one attached hydrogen (secondary N) is 2. The van der Waals surface area contributed by atoms with Gasteiger partial charge in [-0.1, -0.05) is 41.1 Å². The molecule has 0 atom stereocenters. The molecule has 0 bridgehead atoms. The van der Waals surface area contributed by atoms with E-state index in [1.165, 1.54) is 13.3 Å². The molecule has 0 heterocycles. The number of hydrazone groups is 1. The molecular formula is C19H20BrN3O4. The number of phenolic OH excluding ortho intramolecular Hbond substituents is 1. The number of halogens is 1. The maximum atomic E-state index is 12.0. The number of methoxy groups -OCH3 is 1. The molecule has 7 nitrogen and oxygen atoms in total. The lowest BCUT2D eigenvalue weighted by Gasteiger charge is -2.09. The lowest BCUT2D eigenvalue weighted by atomic mass is 10.1. The van der Waals surface area contributed by atoms with Crippen molar-refractivity contribution in [3.63, 3.8) is 0 Å². The molecule has 0 spiro atoms. The lowest BCUT2D eigenvalue weighted by molar-refractivity contribution is -0.126. The standard InChI is InChI=1S/C19H20BrN3O4/c1-3-12-6-4-5-7-15(12)22-17(24)10-18(25)23-21-11-13-8-14(20)9-16(27-2)19(13)26/h4-9,11,26H,3,10H2,1-2H3,(H,22,24)(H,23,25)/b21-11+. The number of carbonyl (C=O) groups excluding carboxylic acids is 2. The number of carbonyl (C=O) groups is 2. The van der Waals surface area contributed by atoms with E-state index >= 15 is 0 Å². The van der Waals surface area contributed by atoms with Gasteiger partial charge in [-0.25, -0.2) is 5.43 Å². The predicted molar refractivity (Wildman–Crippen MR) is 107 cm³/mol. The topological polar surface area (TPSA) is 100 Å². The Labute approximate surface area is 165 Å². The van der Waals surface area contributed by atoms with Crippen molar-refractivity contribution in [2.45, 2.75) is 19.8 Å². The maximum Gasteiger partial charge on any atom is 0.249 e. The van der Waals surface area contributed by atoms with Gasteiger partial charge in [-0.05, 0) is 30.2 Å². The van der Waals surface area contributed by atoms with Crippen LogP contribution in [0.3, 0.4) is 0 Å². The average molecular weight is 434 g/mol. The highest BCUT2D eigenvalue weighted by molar-refractivity contribution is 9.10. The smallest absolute Gasteiger partial charge is 0.249 e. The zero-order valence-corrected chi connectivity index (χ0v) is 16.5. The number of anilines is 1. The van der Waals surface area contributed by atoms with Crippen LogP contribution >= 0.6 is 15.9 Å². The van der Waals surface area contributed by atoms with Crippen LogP contribution in [0.5, 0.6) is 11.5 Å². The number of aromatic hydroxyl groups is 1. The summed E-state index contributed by atoms with van der Waals surface area (Å²) in [6.45, 7) is 1.98. The summed E-state index contributed by atoms with van der Waals surface area (Å²) in [7, 11) is 1.43. The molecule has 0 aliphatic rings. The van der Waals surface area contributed by atoms with Crippen molar-refractivity contribution in [1.29, 1.82) is 0 Å². The van der Waals surface area contributed by atoms with Gasteiger partial charge in [-0.15, -0.1) is 0 Å². The summed E-state index contributed by atoms with van der Waals surface area (Å²) >= 11 is 3.29. The summed E-state index contributed by atoms with van der Waals surface area (Å²) in [5.74, 6) is -0.839. The van der Waals surface area contributed by atoms with Gasteiger partial charge in [-0.2, -0.15) is 5.10 Å². The van der Waals surface area contributed by atoms with Crippen LogP contribution in [-0.2, 0) is 16.0 Å². The first-order valence-electron chi connectivity index (χ1n) is 8.20. The third-order valence-corrected chi connectivity index (χ3v) is 4.13. The molecule has 0 saturated heterocycles. The van der Waals surface area contributed by atoms with Crippen LogP contribution in [0.2, 0.25) is 0 Å². The summed E-state index contributed by atoms with van der Waals surface area (Å²) in [4.78, 5) is 23.9. The Morgan fingerprint density at radius 2 is 2.00 bits per heavy atom. The van der Waals surface area contributed by atoms with Crippen LogP contribution < -0.4 is 15.5 Å². The van der Waals surface area contributed by atoms with Gasteiger partial charge in [0.25, 0.3) is 0 Å². The molecule has 2 rings (SSSR count). The number of ether oxygens (including phenoxy) is 1. The molecule has 0 aliphatic carbocycles. The Kier molecular flexibility index (Phi) is 7.36. The SMILES string of the molecule is CCc1ccccc1NC(=O)CC(=O)N/N=C/c1cc(Br)cc(OC)c1O. The van der Waals surface area contributed by atoms with Crippen LogP contribution in [-0.4, -0.2) is 30.2 Å². The van der Waals surface area contributed by atoms with Crippen LogP contribution in [0.1, 0.15) is 24.5 Å². The molecule has 8 heteroatoms. The molecule has 0 fully saturated rings. The summed E-state index contributed by atoms with van der Waals surface area (Å²) in [6, 6.07) is 10.6. The molecule has 0 unspecified atom stereocenters. The van der Waals surface area contributed by atoms with E-state index in [1.54, 1.807) is 18.2 Å². The molecule has 3 N–H and O–H groups in total. The van der Waals surface area contributed by atoms with Crippen molar-refractivity contribution in [2.75, 3.05) is 12.4 Å². The molecule has 142 valence electrons. The van der Waals surface area contributed by atoms with Gasteiger partial charge in [0.2, 0.25) is 11.8 Å². The predicted octanol–water partition coefficient (Wildman–Crippen LogP) is 3.20. The summed E-state index contributed by atoms with van der Waals surface area (Å²) in [6.07, 6.45) is 1.67. The van der Waals surface area contributed by atoms with Crippen molar-refractivity contribution in [2.24, 2.45) is 5.10 Å². The first kappa shape index (κ1) is 20.4. The molecule has 0 saturated carbocycles. The summed E-state index contributed by atoms with van der Waals surface area (Å²) in [5.41, 5.74) is 4.29. The fourth-order valence-corrected chi connectivity index (χ4v) is 2.81. The molecule has 0 aromatic heterocycles. The van der Waals surface area contributed by atoms with Crippen LogP contribution in [0.15, 0.2) is 46.0 Å². The van der Waals surface area contributed by atoms with Gasteiger partial charge in [0.05, 0.1) is 13.3 Å². The highest BCUT2D eigenvalue weighted by atomic mass is 79.9. The van der Waals surface area contributed by atoms with Gasteiger partial charge < -0.3 is 15.2 Å². The molecule has 27 heavy (non-hydrogen) atoms. The second-order valence-electron chi connectivity index (χ2n) is 5.57. The normalized spacial score (nSPS) is 10.6. The molecular weight excluding hydrogens is 414 g/mol. The maximum absolute atomic E-state index is 12.0. The van der Waals surface area contributed by atoms with Crippen molar-refractivity contribution in [3.05, 3.63) is 52.0 Å². The fourth-order valence-electron chi connectivity index (χ4n) is 2.35. The van der Waals surface area contributed by atoms with Crippen molar-refractivity contribution >= 4 is 39.6 Å². The van der Waals surface area contributed by atoms with Crippen molar-refractivity contribution in [1.82, 2.24) is 5.43 Å². The zero-order chi connectivity index (χ0) is 19.8. The fraction of sp³-hybridized carbons (Fsp3) is 0.211. The van der Waals surface area contributed by atoms with E-state index in [0.29, 0.717) is 15.7 Å². The van der Waals surface area contributed by atoms with Crippen LogP contribution in [0.4, 0.5) is 5.69 Å². The first-order chi connectivity index (χ1) is 12.9. The van der Waals surface area contributed by atoms with Crippen LogP contribution in [0.25, 0.3) is 0 Å². The Bertz CT molecular complexity index is 868. The number of aryl methyl sites for hydroxylation is 1. The van der Waals surface area contributed by atoms with Crippen LogP contribution in [0, 0.1) is 0 Å². The minimum absolute atomic E-state index is 0.104. The quantitative estimate of drug-likeness (QED) is 0.354. The Morgan fingerprint density at radius 3 is 2.70 bits per heavy atom. The second kappa shape index (κ2) is 9.72. The molecule has 0 radical (unpaired) electrons. The number of rotatable bonds is 7. The molecule has 2 aromatic carbocycles. The van der Waals surface area contributed by atoms with Gasteiger partial charge in [-0.3, -0.25) is 9.59 Å². The summed E-state index contributed by atoms with van der Waals surface area (Å²) < 4.78 is 5.72. The molecule has 2 aromatic rings. The van der Waals surface area contributed by atoms with Gasteiger partial charge in [0.15, 0.2) is 11.5 Å². The number of para-hydroxylation sites is 1. The van der Waals surface area contributed by atoms with E-state index in [4.69, 9.17) is 4.74 Å². The second-order valence-corrected chi connectivity index (χ2v) is 6.49. The monoisotopic (exact) mass is 433 g/mol. The number of hydrogen-bond acceptors (Lipinski definition) is 5. The van der Waals surface area contributed by atoms with Crippen molar-refractivity contribution < 1.29 is 19.4 Å². The van der Waals surface area contributed by atoms with Gasteiger partial charge >= 0.3 is 0 Å². The molecule has 2 amide bonds. The Balaban J connectivity index is 1.93. The minimum atomic E-state index is -0.570. The zero-order valence-electron chi connectivity index (χ0n) is 15.0. The molecule has 0 aliphatic heterocycles. The largest absolute Gasteiger partial charge is 0.504 e. The van der Waals surface area contributed by atoms with E-state index in [9.17, 15) is 14.7 Å².